The Morgan fingerprint density at radius 2 is 2.26 bits per heavy atom. The summed E-state index contributed by atoms with van der Waals surface area (Å²) >= 11 is 0. The summed E-state index contributed by atoms with van der Waals surface area (Å²) in [5.74, 6) is 0. The molecule has 1 aromatic carbocycles. The molecular formula is C15H21N3O. The van der Waals surface area contributed by atoms with E-state index in [9.17, 15) is 0 Å². The van der Waals surface area contributed by atoms with Gasteiger partial charge in [0.05, 0.1) is 0 Å². The minimum Gasteiger partial charge on any atom is -0.443 e. The Kier molecular flexibility index (Phi) is 3.29. The van der Waals surface area contributed by atoms with Crippen LogP contribution in [0.25, 0.3) is 11.1 Å². The minimum atomic E-state index is 0.514. The van der Waals surface area contributed by atoms with Gasteiger partial charge >= 0.3 is 0 Å². The summed E-state index contributed by atoms with van der Waals surface area (Å²) in [5.41, 5.74) is 3.61. The molecule has 1 saturated carbocycles. The molecule has 0 bridgehead atoms. The summed E-state index contributed by atoms with van der Waals surface area (Å²) in [6.45, 7) is 3.24. The Morgan fingerprint density at radius 3 is 3.00 bits per heavy atom. The van der Waals surface area contributed by atoms with E-state index in [0.717, 1.165) is 30.7 Å². The van der Waals surface area contributed by atoms with Gasteiger partial charge in [-0.15, -0.1) is 0 Å². The SMILES string of the molecule is CNCC1(CN(C)Cc2ccc3ncoc3c2)CC1. The zero-order chi connectivity index (χ0) is 13.3. The third-order valence-corrected chi connectivity index (χ3v) is 3.96. The molecule has 1 fully saturated rings. The lowest BCUT2D eigenvalue weighted by molar-refractivity contribution is 0.252. The van der Waals surface area contributed by atoms with Gasteiger partial charge in [0.2, 0.25) is 0 Å². The van der Waals surface area contributed by atoms with E-state index in [0.29, 0.717) is 5.41 Å². The lowest BCUT2D eigenvalue weighted by Gasteiger charge is -2.23. The second kappa shape index (κ2) is 4.94. The highest BCUT2D eigenvalue weighted by molar-refractivity contribution is 5.72. The molecule has 0 amide bonds. The van der Waals surface area contributed by atoms with E-state index >= 15 is 0 Å². The average molecular weight is 259 g/mol. The van der Waals surface area contributed by atoms with Crippen LogP contribution in [0.1, 0.15) is 18.4 Å². The number of aromatic nitrogens is 1. The average Bonchev–Trinajstić information content (AvgIpc) is 2.96. The Hall–Kier alpha value is -1.39. The molecule has 1 aliphatic carbocycles. The van der Waals surface area contributed by atoms with Gasteiger partial charge in [-0.2, -0.15) is 0 Å². The van der Waals surface area contributed by atoms with Crippen LogP contribution in [0.2, 0.25) is 0 Å². The Morgan fingerprint density at radius 1 is 1.42 bits per heavy atom. The van der Waals surface area contributed by atoms with Crippen LogP contribution in [0.5, 0.6) is 0 Å². The topological polar surface area (TPSA) is 41.3 Å². The highest BCUT2D eigenvalue weighted by Gasteiger charge is 2.42. The molecule has 0 spiro atoms. The van der Waals surface area contributed by atoms with Gasteiger partial charge in [-0.3, -0.25) is 0 Å². The fourth-order valence-corrected chi connectivity index (χ4v) is 2.88. The summed E-state index contributed by atoms with van der Waals surface area (Å²) in [4.78, 5) is 6.55. The highest BCUT2D eigenvalue weighted by Crippen LogP contribution is 2.45. The fraction of sp³-hybridized carbons (Fsp3) is 0.533. The van der Waals surface area contributed by atoms with Gasteiger partial charge in [-0.1, -0.05) is 6.07 Å². The summed E-state index contributed by atoms with van der Waals surface area (Å²) in [6.07, 6.45) is 4.20. The van der Waals surface area contributed by atoms with Crippen LogP contribution < -0.4 is 5.32 Å². The number of hydrogen-bond donors (Lipinski definition) is 1. The maximum Gasteiger partial charge on any atom is 0.181 e. The Balaban J connectivity index is 1.63. The minimum absolute atomic E-state index is 0.514. The molecule has 19 heavy (non-hydrogen) atoms. The van der Waals surface area contributed by atoms with Crippen LogP contribution in [0.3, 0.4) is 0 Å². The van der Waals surface area contributed by atoms with Gasteiger partial charge in [-0.25, -0.2) is 4.98 Å². The van der Waals surface area contributed by atoms with Crippen molar-refractivity contribution >= 4 is 11.1 Å². The molecule has 3 rings (SSSR count). The summed E-state index contributed by atoms with van der Waals surface area (Å²) in [6, 6.07) is 6.26. The number of nitrogens with zero attached hydrogens (tertiary/aromatic N) is 2. The normalized spacial score (nSPS) is 17.2. The second-order valence-corrected chi connectivity index (χ2v) is 5.86. The molecule has 0 radical (unpaired) electrons. The molecule has 1 aliphatic rings. The second-order valence-electron chi connectivity index (χ2n) is 5.86. The van der Waals surface area contributed by atoms with Crippen LogP contribution in [-0.2, 0) is 6.54 Å². The summed E-state index contributed by atoms with van der Waals surface area (Å²) in [5, 5.41) is 3.31. The quantitative estimate of drug-likeness (QED) is 0.864. The van der Waals surface area contributed by atoms with E-state index in [4.69, 9.17) is 4.42 Å². The molecule has 2 aromatic rings. The van der Waals surface area contributed by atoms with Gasteiger partial charge in [0.25, 0.3) is 0 Å². The van der Waals surface area contributed by atoms with Crippen molar-refractivity contribution in [2.45, 2.75) is 19.4 Å². The van der Waals surface area contributed by atoms with Crippen LogP contribution in [0.4, 0.5) is 0 Å². The molecule has 0 unspecified atom stereocenters. The van der Waals surface area contributed by atoms with Gasteiger partial charge in [0.15, 0.2) is 12.0 Å². The largest absolute Gasteiger partial charge is 0.443 e. The molecule has 1 heterocycles. The van der Waals surface area contributed by atoms with Gasteiger partial charge in [0.1, 0.15) is 5.52 Å². The maximum absolute atomic E-state index is 5.35. The van der Waals surface area contributed by atoms with E-state index in [1.54, 1.807) is 0 Å². The number of rotatable bonds is 6. The van der Waals surface area contributed by atoms with E-state index in [1.807, 2.05) is 13.1 Å². The van der Waals surface area contributed by atoms with Crippen molar-refractivity contribution in [3.8, 4) is 0 Å². The number of hydrogen-bond acceptors (Lipinski definition) is 4. The van der Waals surface area contributed by atoms with E-state index in [2.05, 4.69) is 34.4 Å². The van der Waals surface area contributed by atoms with Crippen LogP contribution in [0, 0.1) is 5.41 Å². The van der Waals surface area contributed by atoms with Crippen LogP contribution in [-0.4, -0.2) is 37.1 Å². The van der Waals surface area contributed by atoms with Crippen LogP contribution >= 0.6 is 0 Å². The first kappa shape index (κ1) is 12.6. The zero-order valence-electron chi connectivity index (χ0n) is 11.6. The first-order valence-electron chi connectivity index (χ1n) is 6.86. The Labute approximate surface area is 113 Å². The van der Waals surface area contributed by atoms with E-state index in [1.165, 1.54) is 24.8 Å². The monoisotopic (exact) mass is 259 g/mol. The first-order valence-corrected chi connectivity index (χ1v) is 6.86. The van der Waals surface area contributed by atoms with Gasteiger partial charge in [-0.05, 0) is 50.0 Å². The van der Waals surface area contributed by atoms with E-state index < -0.39 is 0 Å². The summed E-state index contributed by atoms with van der Waals surface area (Å²) < 4.78 is 5.35. The van der Waals surface area contributed by atoms with Crippen molar-refractivity contribution in [3.05, 3.63) is 30.2 Å². The van der Waals surface area contributed by atoms with Crippen molar-refractivity contribution in [1.29, 1.82) is 0 Å². The molecule has 4 heteroatoms. The zero-order valence-corrected chi connectivity index (χ0v) is 11.6. The van der Waals surface area contributed by atoms with Crippen molar-refractivity contribution in [3.63, 3.8) is 0 Å². The number of nitrogens with one attached hydrogen (secondary N) is 1. The van der Waals surface area contributed by atoms with E-state index in [-0.39, 0.29) is 0 Å². The lowest BCUT2D eigenvalue weighted by atomic mass is 10.1. The van der Waals surface area contributed by atoms with Crippen LogP contribution in [0.15, 0.2) is 29.0 Å². The smallest absolute Gasteiger partial charge is 0.181 e. The molecule has 4 nitrogen and oxygen atoms in total. The number of fused-ring (bicyclic) bond motifs is 1. The van der Waals surface area contributed by atoms with Gasteiger partial charge in [0, 0.05) is 19.6 Å². The van der Waals surface area contributed by atoms with Crippen molar-refractivity contribution < 1.29 is 4.42 Å². The highest BCUT2D eigenvalue weighted by atomic mass is 16.3. The Bertz CT molecular complexity index is 559. The number of benzene rings is 1. The van der Waals surface area contributed by atoms with Gasteiger partial charge < -0.3 is 14.6 Å². The maximum atomic E-state index is 5.35. The molecule has 102 valence electrons. The van der Waals surface area contributed by atoms with Crippen molar-refractivity contribution in [2.75, 3.05) is 27.2 Å². The summed E-state index contributed by atoms with van der Waals surface area (Å²) in [7, 11) is 4.23. The lowest BCUT2D eigenvalue weighted by Crippen LogP contribution is -2.32. The predicted molar refractivity (Wildman–Crippen MR) is 75.9 cm³/mol. The number of oxazole rings is 1. The third kappa shape index (κ3) is 2.80. The molecule has 0 atom stereocenters. The first-order chi connectivity index (χ1) is 9.21. The van der Waals surface area contributed by atoms with Crippen molar-refractivity contribution in [2.24, 2.45) is 5.41 Å². The molecule has 0 saturated heterocycles. The predicted octanol–water partition coefficient (Wildman–Crippen LogP) is 2.26. The molecular weight excluding hydrogens is 238 g/mol. The fourth-order valence-electron chi connectivity index (χ4n) is 2.88. The molecule has 1 N–H and O–H groups in total. The molecule has 0 aliphatic heterocycles. The van der Waals surface area contributed by atoms with Crippen molar-refractivity contribution in [1.82, 2.24) is 15.2 Å². The third-order valence-electron chi connectivity index (χ3n) is 3.96. The standard InChI is InChI=1S/C15H21N3O/c1-16-9-15(5-6-15)10-18(2)8-12-3-4-13-14(7-12)19-11-17-13/h3-4,7,11,16H,5-6,8-10H2,1-2H3. The molecule has 1 aromatic heterocycles.